The molecule has 32 heavy (non-hydrogen) atoms. The summed E-state index contributed by atoms with van der Waals surface area (Å²) in [6.45, 7) is 6.80. The lowest BCUT2D eigenvalue weighted by atomic mass is 10.1. The summed E-state index contributed by atoms with van der Waals surface area (Å²) in [6.07, 6.45) is 0. The molecule has 0 saturated heterocycles. The van der Waals surface area contributed by atoms with Crippen LogP contribution >= 0.6 is 0 Å². The number of fused-ring (bicyclic) bond motifs is 1. The van der Waals surface area contributed by atoms with Gasteiger partial charge in [-0.2, -0.15) is 0 Å². The van der Waals surface area contributed by atoms with Crippen LogP contribution in [0.1, 0.15) is 31.1 Å². The molecule has 0 atom stereocenters. The van der Waals surface area contributed by atoms with Crippen molar-refractivity contribution in [3.05, 3.63) is 103 Å². The molecular weight excluding hydrogens is 412 g/mol. The van der Waals surface area contributed by atoms with E-state index in [1.807, 2.05) is 36.4 Å². The standard InChI is InChI=1S/C28H28O3Si/c1-28(2,3)32(25-11-7-5-8-12-25,26-13-9-6-10-14-26)31-24-18-17-21-19-23(27(29)30-4)16-15-22(21)20-24/h5-20H,1-4H3. The highest BCUT2D eigenvalue weighted by molar-refractivity contribution is 7.00. The van der Waals surface area contributed by atoms with Crippen LogP contribution in [-0.2, 0) is 4.74 Å². The van der Waals surface area contributed by atoms with Crippen LogP contribution in [0.4, 0.5) is 0 Å². The summed E-state index contributed by atoms with van der Waals surface area (Å²) < 4.78 is 11.9. The first kappa shape index (κ1) is 21.8. The van der Waals surface area contributed by atoms with Crippen molar-refractivity contribution in [2.45, 2.75) is 25.8 Å². The molecule has 0 unspecified atom stereocenters. The Labute approximate surface area is 190 Å². The summed E-state index contributed by atoms with van der Waals surface area (Å²) in [5.74, 6) is 0.497. The third-order valence-corrected chi connectivity index (χ3v) is 10.9. The molecule has 0 aliphatic carbocycles. The van der Waals surface area contributed by atoms with Gasteiger partial charge < -0.3 is 9.16 Å². The highest BCUT2D eigenvalue weighted by atomic mass is 28.4. The van der Waals surface area contributed by atoms with Gasteiger partial charge in [-0.25, -0.2) is 4.79 Å². The van der Waals surface area contributed by atoms with Crippen LogP contribution in [0.15, 0.2) is 97.1 Å². The molecule has 0 heterocycles. The third kappa shape index (κ3) is 3.94. The average Bonchev–Trinajstić information content (AvgIpc) is 2.82. The third-order valence-electron chi connectivity index (χ3n) is 5.92. The number of carbonyl (C=O) groups is 1. The van der Waals surface area contributed by atoms with Crippen LogP contribution < -0.4 is 14.8 Å². The van der Waals surface area contributed by atoms with E-state index >= 15 is 0 Å². The number of ether oxygens (including phenoxy) is 1. The van der Waals surface area contributed by atoms with Gasteiger partial charge in [0.05, 0.1) is 12.7 Å². The van der Waals surface area contributed by atoms with Gasteiger partial charge in [-0.15, -0.1) is 0 Å². The lowest BCUT2D eigenvalue weighted by Crippen LogP contribution is -2.68. The van der Waals surface area contributed by atoms with Gasteiger partial charge in [-0.3, -0.25) is 0 Å². The van der Waals surface area contributed by atoms with Gasteiger partial charge >= 0.3 is 14.3 Å². The SMILES string of the molecule is COC(=O)c1ccc2cc(O[Si](c3ccccc3)(c3ccccc3)C(C)(C)C)ccc2c1. The first-order valence-corrected chi connectivity index (χ1v) is 12.7. The van der Waals surface area contributed by atoms with Crippen LogP contribution in [0.5, 0.6) is 5.75 Å². The Morgan fingerprint density at radius 2 is 1.25 bits per heavy atom. The first-order chi connectivity index (χ1) is 15.3. The maximum Gasteiger partial charge on any atom is 0.337 e. The molecule has 3 nitrogen and oxygen atoms in total. The summed E-state index contributed by atoms with van der Waals surface area (Å²) in [7, 11) is -1.29. The fraction of sp³-hybridized carbons (Fsp3) is 0.179. The highest BCUT2D eigenvalue weighted by Gasteiger charge is 2.52. The van der Waals surface area contributed by atoms with Gasteiger partial charge in [-0.05, 0) is 50.4 Å². The van der Waals surface area contributed by atoms with E-state index in [-0.39, 0.29) is 11.0 Å². The summed E-state index contributed by atoms with van der Waals surface area (Å²) in [4.78, 5) is 11.9. The van der Waals surface area contributed by atoms with E-state index in [1.54, 1.807) is 6.07 Å². The number of hydrogen-bond donors (Lipinski definition) is 0. The molecular formula is C28H28O3Si. The zero-order valence-corrected chi connectivity index (χ0v) is 20.0. The fourth-order valence-electron chi connectivity index (χ4n) is 4.36. The zero-order valence-electron chi connectivity index (χ0n) is 19.0. The maximum absolute atomic E-state index is 11.9. The van der Waals surface area contributed by atoms with Crippen molar-refractivity contribution in [3.63, 3.8) is 0 Å². The van der Waals surface area contributed by atoms with Crippen molar-refractivity contribution >= 4 is 35.4 Å². The molecule has 0 aromatic heterocycles. The lowest BCUT2D eigenvalue weighted by Gasteiger charge is -2.43. The van der Waals surface area contributed by atoms with E-state index in [0.717, 1.165) is 16.5 Å². The minimum absolute atomic E-state index is 0.112. The molecule has 0 spiro atoms. The number of esters is 1. The Morgan fingerprint density at radius 3 is 1.78 bits per heavy atom. The van der Waals surface area contributed by atoms with Gasteiger partial charge in [0.15, 0.2) is 0 Å². The van der Waals surface area contributed by atoms with E-state index in [9.17, 15) is 4.79 Å². The number of methoxy groups -OCH3 is 1. The molecule has 0 amide bonds. The van der Waals surface area contributed by atoms with Gasteiger partial charge in [0, 0.05) is 0 Å². The molecule has 0 fully saturated rings. The Kier molecular flexibility index (Phi) is 5.89. The van der Waals surface area contributed by atoms with Gasteiger partial charge in [0.25, 0.3) is 0 Å². The molecule has 0 N–H and O–H groups in total. The predicted octanol–water partition coefficient (Wildman–Crippen LogP) is 5.57. The minimum atomic E-state index is -2.69. The molecule has 4 aromatic rings. The second kappa shape index (κ2) is 8.64. The van der Waals surface area contributed by atoms with E-state index in [0.29, 0.717) is 5.56 Å². The molecule has 0 bridgehead atoms. The fourth-order valence-corrected chi connectivity index (χ4v) is 8.77. The van der Waals surface area contributed by atoms with Crippen molar-refractivity contribution < 1.29 is 14.0 Å². The second-order valence-corrected chi connectivity index (χ2v) is 13.2. The highest BCUT2D eigenvalue weighted by Crippen LogP contribution is 2.38. The normalized spacial score (nSPS) is 11.9. The van der Waals surface area contributed by atoms with E-state index in [1.165, 1.54) is 17.5 Å². The summed E-state index contributed by atoms with van der Waals surface area (Å²) in [5.41, 5.74) is 0.542. The van der Waals surface area contributed by atoms with Crippen molar-refractivity contribution in [2.24, 2.45) is 0 Å². The molecule has 0 radical (unpaired) electrons. The average molecular weight is 441 g/mol. The second-order valence-electron chi connectivity index (χ2n) is 8.98. The van der Waals surface area contributed by atoms with Crippen LogP contribution in [0.25, 0.3) is 10.8 Å². The summed E-state index contributed by atoms with van der Waals surface area (Å²) >= 11 is 0. The largest absolute Gasteiger partial charge is 0.534 e. The van der Waals surface area contributed by atoms with E-state index in [4.69, 9.17) is 9.16 Å². The lowest BCUT2D eigenvalue weighted by molar-refractivity contribution is 0.0601. The molecule has 4 aromatic carbocycles. The number of benzene rings is 4. The molecule has 0 aliphatic rings. The number of rotatable bonds is 5. The smallest absolute Gasteiger partial charge is 0.337 e. The monoisotopic (exact) mass is 440 g/mol. The zero-order chi connectivity index (χ0) is 22.8. The Hall–Kier alpha value is -3.37. The topological polar surface area (TPSA) is 35.5 Å². The summed E-state index contributed by atoms with van der Waals surface area (Å²) in [6, 6.07) is 32.9. The van der Waals surface area contributed by atoms with E-state index in [2.05, 4.69) is 75.4 Å². The van der Waals surface area contributed by atoms with Gasteiger partial charge in [0.1, 0.15) is 5.75 Å². The minimum Gasteiger partial charge on any atom is -0.534 e. The Bertz CT molecular complexity index is 1190. The molecule has 0 aliphatic heterocycles. The van der Waals surface area contributed by atoms with Crippen molar-refractivity contribution in [1.82, 2.24) is 0 Å². The molecule has 0 saturated carbocycles. The predicted molar refractivity (Wildman–Crippen MR) is 134 cm³/mol. The summed E-state index contributed by atoms with van der Waals surface area (Å²) in [5, 5.41) is 4.36. The molecule has 162 valence electrons. The first-order valence-electron chi connectivity index (χ1n) is 10.8. The maximum atomic E-state index is 11.9. The quantitative estimate of drug-likeness (QED) is 0.301. The van der Waals surface area contributed by atoms with Crippen LogP contribution in [0.3, 0.4) is 0 Å². The molecule has 4 heteroatoms. The van der Waals surface area contributed by atoms with E-state index < -0.39 is 8.32 Å². The van der Waals surface area contributed by atoms with Crippen LogP contribution in [-0.4, -0.2) is 21.4 Å². The Morgan fingerprint density at radius 1 is 0.719 bits per heavy atom. The van der Waals surface area contributed by atoms with Crippen molar-refractivity contribution in [3.8, 4) is 5.75 Å². The number of hydrogen-bond acceptors (Lipinski definition) is 3. The molecule has 4 rings (SSSR count). The Balaban J connectivity index is 1.86. The van der Waals surface area contributed by atoms with Gasteiger partial charge in [0.2, 0.25) is 0 Å². The van der Waals surface area contributed by atoms with Crippen molar-refractivity contribution in [1.29, 1.82) is 0 Å². The van der Waals surface area contributed by atoms with Crippen LogP contribution in [0, 0.1) is 0 Å². The number of carbonyl (C=O) groups excluding carboxylic acids is 1. The van der Waals surface area contributed by atoms with Crippen molar-refractivity contribution in [2.75, 3.05) is 7.11 Å². The van der Waals surface area contributed by atoms with Crippen LogP contribution in [0.2, 0.25) is 5.04 Å². The van der Waals surface area contributed by atoms with Gasteiger partial charge in [-0.1, -0.05) is 93.6 Å².